The molecule has 4 rings (SSSR count). The van der Waals surface area contributed by atoms with E-state index in [2.05, 4.69) is 15.1 Å². The standard InChI is InChI=1S/C15H11N5O3/c1-19-7-16-9-4-8(2-3-12(9)19)11-6-20-13(14(21)17-11)5-10(18-20)15(22)23/h2-7H,1H3,(H,17,21)(H,22,23). The quantitative estimate of drug-likeness (QED) is 0.580. The van der Waals surface area contributed by atoms with Crippen molar-refractivity contribution in [1.29, 1.82) is 0 Å². The maximum absolute atomic E-state index is 12.1. The van der Waals surface area contributed by atoms with Crippen molar-refractivity contribution in [3.63, 3.8) is 0 Å². The van der Waals surface area contributed by atoms with Gasteiger partial charge in [0.25, 0.3) is 5.56 Å². The minimum atomic E-state index is -1.18. The van der Waals surface area contributed by atoms with Crippen LogP contribution in [0.2, 0.25) is 0 Å². The molecule has 0 unspecified atom stereocenters. The van der Waals surface area contributed by atoms with Gasteiger partial charge in [-0.15, -0.1) is 0 Å². The van der Waals surface area contributed by atoms with Crippen LogP contribution in [-0.2, 0) is 7.05 Å². The smallest absolute Gasteiger partial charge is 0.356 e. The van der Waals surface area contributed by atoms with Crippen molar-refractivity contribution in [2.45, 2.75) is 0 Å². The fourth-order valence-electron chi connectivity index (χ4n) is 2.56. The summed E-state index contributed by atoms with van der Waals surface area (Å²) >= 11 is 0. The first-order valence-corrected chi connectivity index (χ1v) is 6.80. The predicted octanol–water partition coefficient (Wildman–Crippen LogP) is 1.27. The highest BCUT2D eigenvalue weighted by atomic mass is 16.4. The largest absolute Gasteiger partial charge is 0.476 e. The van der Waals surface area contributed by atoms with Gasteiger partial charge in [0.1, 0.15) is 5.52 Å². The molecule has 0 aliphatic heterocycles. The lowest BCUT2D eigenvalue weighted by Gasteiger charge is -2.03. The average Bonchev–Trinajstić information content (AvgIpc) is 3.11. The van der Waals surface area contributed by atoms with Crippen molar-refractivity contribution in [2.75, 3.05) is 0 Å². The second-order valence-corrected chi connectivity index (χ2v) is 5.22. The molecule has 0 saturated heterocycles. The number of imidazole rings is 1. The lowest BCUT2D eigenvalue weighted by Crippen LogP contribution is -2.10. The van der Waals surface area contributed by atoms with E-state index in [1.54, 1.807) is 12.5 Å². The first-order chi connectivity index (χ1) is 11.0. The lowest BCUT2D eigenvalue weighted by molar-refractivity contribution is 0.0690. The van der Waals surface area contributed by atoms with Crippen LogP contribution in [0.3, 0.4) is 0 Å². The minimum absolute atomic E-state index is 0.173. The van der Waals surface area contributed by atoms with Crippen LogP contribution in [0.5, 0.6) is 0 Å². The lowest BCUT2D eigenvalue weighted by atomic mass is 10.1. The number of nitrogens with zero attached hydrogens (tertiary/aromatic N) is 4. The molecule has 2 N–H and O–H groups in total. The van der Waals surface area contributed by atoms with Gasteiger partial charge in [0.05, 0.1) is 29.3 Å². The third-order valence-electron chi connectivity index (χ3n) is 3.72. The molecular formula is C15H11N5O3. The molecule has 0 bridgehead atoms. The maximum atomic E-state index is 12.1. The molecule has 23 heavy (non-hydrogen) atoms. The summed E-state index contributed by atoms with van der Waals surface area (Å²) in [5.41, 5.74) is 2.70. The zero-order valence-corrected chi connectivity index (χ0v) is 12.0. The van der Waals surface area contributed by atoms with Gasteiger partial charge in [-0.25, -0.2) is 14.3 Å². The summed E-state index contributed by atoms with van der Waals surface area (Å²) in [4.78, 5) is 30.2. The van der Waals surface area contributed by atoms with Crippen LogP contribution in [0.4, 0.5) is 0 Å². The highest BCUT2D eigenvalue weighted by Crippen LogP contribution is 2.21. The van der Waals surface area contributed by atoms with Crippen molar-refractivity contribution >= 4 is 22.5 Å². The molecular weight excluding hydrogens is 298 g/mol. The van der Waals surface area contributed by atoms with E-state index in [1.807, 2.05) is 29.8 Å². The Kier molecular flexibility index (Phi) is 2.61. The van der Waals surface area contributed by atoms with Crippen molar-refractivity contribution in [3.8, 4) is 11.3 Å². The number of aromatic carboxylic acids is 1. The van der Waals surface area contributed by atoms with Crippen LogP contribution in [0.1, 0.15) is 10.5 Å². The molecule has 114 valence electrons. The SMILES string of the molecule is Cn1cnc2cc(-c3cn4nc(C(=O)O)cc4c(=O)[nH]3)ccc21. The van der Waals surface area contributed by atoms with E-state index in [1.165, 1.54) is 10.6 Å². The fourth-order valence-corrected chi connectivity index (χ4v) is 2.56. The second-order valence-electron chi connectivity index (χ2n) is 5.22. The highest BCUT2D eigenvalue weighted by Gasteiger charge is 2.13. The predicted molar refractivity (Wildman–Crippen MR) is 82.5 cm³/mol. The monoisotopic (exact) mass is 309 g/mol. The third-order valence-corrected chi connectivity index (χ3v) is 3.72. The molecule has 1 aromatic carbocycles. The van der Waals surface area contributed by atoms with Gasteiger partial charge in [-0.05, 0) is 12.1 Å². The van der Waals surface area contributed by atoms with Crippen molar-refractivity contribution in [3.05, 3.63) is 52.8 Å². The summed E-state index contributed by atoms with van der Waals surface area (Å²) in [6, 6.07) is 6.87. The molecule has 0 aliphatic carbocycles. The van der Waals surface area contributed by atoms with Gasteiger partial charge < -0.3 is 14.7 Å². The number of fused-ring (bicyclic) bond motifs is 2. The van der Waals surface area contributed by atoms with Gasteiger partial charge >= 0.3 is 5.97 Å². The summed E-state index contributed by atoms with van der Waals surface area (Å²) in [6.07, 6.45) is 3.31. The van der Waals surface area contributed by atoms with Crippen LogP contribution in [-0.4, -0.2) is 35.2 Å². The molecule has 3 heterocycles. The van der Waals surface area contributed by atoms with Crippen molar-refractivity contribution < 1.29 is 9.90 Å². The topological polar surface area (TPSA) is 105 Å². The average molecular weight is 309 g/mol. The Labute approximate surface area is 128 Å². The van der Waals surface area contributed by atoms with Crippen molar-refractivity contribution in [2.24, 2.45) is 7.05 Å². The van der Waals surface area contributed by atoms with Crippen LogP contribution in [0.25, 0.3) is 27.8 Å². The first kappa shape index (κ1) is 13.3. The van der Waals surface area contributed by atoms with E-state index in [-0.39, 0.29) is 11.2 Å². The summed E-state index contributed by atoms with van der Waals surface area (Å²) in [5, 5.41) is 12.9. The Morgan fingerprint density at radius 1 is 1.26 bits per heavy atom. The van der Waals surface area contributed by atoms with Gasteiger partial charge in [-0.2, -0.15) is 5.10 Å². The Morgan fingerprint density at radius 2 is 2.09 bits per heavy atom. The van der Waals surface area contributed by atoms with E-state index in [0.717, 1.165) is 16.6 Å². The number of rotatable bonds is 2. The molecule has 0 radical (unpaired) electrons. The Balaban J connectivity index is 1.92. The first-order valence-electron chi connectivity index (χ1n) is 6.80. The van der Waals surface area contributed by atoms with E-state index < -0.39 is 11.5 Å². The maximum Gasteiger partial charge on any atom is 0.356 e. The number of hydrogen-bond acceptors (Lipinski definition) is 4. The van der Waals surface area contributed by atoms with Gasteiger partial charge in [0.2, 0.25) is 0 Å². The number of aromatic nitrogens is 5. The van der Waals surface area contributed by atoms with Crippen LogP contribution in [0, 0.1) is 0 Å². The molecule has 3 aromatic heterocycles. The number of carboxylic acid groups (broad SMARTS) is 1. The summed E-state index contributed by atoms with van der Waals surface area (Å²) < 4.78 is 3.18. The number of aromatic amines is 1. The van der Waals surface area contributed by atoms with Gasteiger partial charge in [-0.1, -0.05) is 6.07 Å². The van der Waals surface area contributed by atoms with E-state index in [9.17, 15) is 9.59 Å². The Hall–Kier alpha value is -3.42. The van der Waals surface area contributed by atoms with Gasteiger partial charge in [-0.3, -0.25) is 4.79 Å². The number of benzene rings is 1. The molecule has 0 atom stereocenters. The molecule has 0 saturated carbocycles. The van der Waals surface area contributed by atoms with Gasteiger partial charge in [0, 0.05) is 18.7 Å². The molecule has 0 aliphatic rings. The zero-order valence-electron chi connectivity index (χ0n) is 12.0. The van der Waals surface area contributed by atoms with Crippen LogP contribution >= 0.6 is 0 Å². The molecule has 0 fully saturated rings. The van der Waals surface area contributed by atoms with E-state index >= 15 is 0 Å². The number of carboxylic acids is 1. The molecule has 4 aromatic rings. The van der Waals surface area contributed by atoms with Crippen LogP contribution in [0.15, 0.2) is 41.6 Å². The number of H-pyrrole nitrogens is 1. The fraction of sp³-hybridized carbons (Fsp3) is 0.0667. The highest BCUT2D eigenvalue weighted by molar-refractivity contribution is 5.87. The normalized spacial score (nSPS) is 11.3. The summed E-state index contributed by atoms with van der Waals surface area (Å²) in [5.74, 6) is -1.18. The van der Waals surface area contributed by atoms with Gasteiger partial charge in [0.15, 0.2) is 5.69 Å². The van der Waals surface area contributed by atoms with E-state index in [4.69, 9.17) is 5.11 Å². The number of nitrogens with one attached hydrogen (secondary N) is 1. The molecule has 8 heteroatoms. The Morgan fingerprint density at radius 3 is 2.87 bits per heavy atom. The zero-order chi connectivity index (χ0) is 16.1. The van der Waals surface area contributed by atoms with Crippen molar-refractivity contribution in [1.82, 2.24) is 24.1 Å². The minimum Gasteiger partial charge on any atom is -0.476 e. The molecule has 0 spiro atoms. The number of carbonyl (C=O) groups is 1. The molecule has 8 nitrogen and oxygen atoms in total. The van der Waals surface area contributed by atoms with Crippen LogP contribution < -0.4 is 5.56 Å². The van der Waals surface area contributed by atoms with E-state index in [0.29, 0.717) is 5.69 Å². The summed E-state index contributed by atoms with van der Waals surface area (Å²) in [6.45, 7) is 0. The second kappa shape index (κ2) is 4.54. The molecule has 0 amide bonds. The third kappa shape index (κ3) is 2.00. The Bertz CT molecular complexity index is 1140. The number of aryl methyl sites for hydroxylation is 1. The summed E-state index contributed by atoms with van der Waals surface area (Å²) in [7, 11) is 1.90. The number of hydrogen-bond donors (Lipinski definition) is 2.